The van der Waals surface area contributed by atoms with Gasteiger partial charge in [-0.3, -0.25) is 0 Å². The van der Waals surface area contributed by atoms with Crippen LogP contribution in [0.3, 0.4) is 0 Å². The molecule has 1 aliphatic carbocycles. The Morgan fingerprint density at radius 1 is 1.16 bits per heavy atom. The van der Waals surface area contributed by atoms with E-state index in [4.69, 9.17) is 4.42 Å². The Morgan fingerprint density at radius 3 is 2.68 bits per heavy atom. The Balaban J connectivity index is 1.63. The molecule has 0 atom stereocenters. The van der Waals surface area contributed by atoms with E-state index in [1.807, 2.05) is 42.5 Å². The molecule has 0 bridgehead atoms. The zero-order valence-corrected chi connectivity index (χ0v) is 12.2. The van der Waals surface area contributed by atoms with Gasteiger partial charge >= 0.3 is 0 Å². The summed E-state index contributed by atoms with van der Waals surface area (Å²) in [6.45, 7) is 0.916. The van der Waals surface area contributed by atoms with Crippen LogP contribution in [0.5, 0.6) is 0 Å². The molecule has 98 valence electrons. The summed E-state index contributed by atoms with van der Waals surface area (Å²) in [5.74, 6) is 1.80. The number of hydrogen-bond acceptors (Lipinski definition) is 2. The molecule has 1 N–H and O–H groups in total. The lowest BCUT2D eigenvalue weighted by molar-refractivity contribution is 0.571. The Bertz CT molecular complexity index is 567. The van der Waals surface area contributed by atoms with Crippen molar-refractivity contribution < 1.29 is 4.42 Å². The van der Waals surface area contributed by atoms with E-state index in [1.54, 1.807) is 0 Å². The van der Waals surface area contributed by atoms with Crippen molar-refractivity contribution in [2.45, 2.75) is 18.9 Å². The maximum Gasteiger partial charge on any atom is 0.134 e. The van der Waals surface area contributed by atoms with Gasteiger partial charge in [0.1, 0.15) is 11.5 Å². The fraction of sp³-hybridized carbons (Fsp3) is 0.250. The van der Waals surface area contributed by atoms with E-state index in [0.717, 1.165) is 34.1 Å². The molecule has 1 aromatic carbocycles. The number of nitrogens with one attached hydrogen (secondary N) is 1. The molecule has 0 amide bonds. The number of rotatable bonds is 5. The first-order chi connectivity index (χ1) is 9.31. The standard InChI is InChI=1S/C16H16BrNO/c17-13-5-3-12(4-6-13)16-10-9-15(19-16)2-1-11-18-14-7-8-14/h1-6,9-10,14,18H,7-8,11H2. The molecular weight excluding hydrogens is 302 g/mol. The zero-order valence-electron chi connectivity index (χ0n) is 10.6. The predicted octanol–water partition coefficient (Wildman–Crippen LogP) is 4.47. The molecule has 2 aromatic rings. The number of halogens is 1. The minimum Gasteiger partial charge on any atom is -0.457 e. The van der Waals surface area contributed by atoms with Gasteiger partial charge in [-0.2, -0.15) is 0 Å². The second-order valence-corrected chi connectivity index (χ2v) is 5.71. The first kappa shape index (κ1) is 12.7. The molecule has 0 saturated heterocycles. The van der Waals surface area contributed by atoms with Crippen molar-refractivity contribution in [1.29, 1.82) is 0 Å². The van der Waals surface area contributed by atoms with Crippen molar-refractivity contribution >= 4 is 22.0 Å². The number of benzene rings is 1. The van der Waals surface area contributed by atoms with Gasteiger partial charge in [-0.15, -0.1) is 0 Å². The third-order valence-corrected chi connectivity index (χ3v) is 3.67. The highest BCUT2D eigenvalue weighted by Gasteiger charge is 2.18. The molecule has 3 heteroatoms. The van der Waals surface area contributed by atoms with Crippen LogP contribution < -0.4 is 5.32 Å². The lowest BCUT2D eigenvalue weighted by atomic mass is 10.2. The monoisotopic (exact) mass is 317 g/mol. The van der Waals surface area contributed by atoms with Crippen molar-refractivity contribution in [3.8, 4) is 11.3 Å². The van der Waals surface area contributed by atoms with Crippen LogP contribution in [0, 0.1) is 0 Å². The predicted molar refractivity (Wildman–Crippen MR) is 81.9 cm³/mol. The van der Waals surface area contributed by atoms with Gasteiger partial charge in [0, 0.05) is 22.6 Å². The van der Waals surface area contributed by atoms with Gasteiger partial charge in [-0.25, -0.2) is 0 Å². The summed E-state index contributed by atoms with van der Waals surface area (Å²) >= 11 is 3.43. The molecule has 0 unspecified atom stereocenters. The van der Waals surface area contributed by atoms with Crippen molar-refractivity contribution in [2.24, 2.45) is 0 Å². The van der Waals surface area contributed by atoms with Crippen LogP contribution in [0.2, 0.25) is 0 Å². The van der Waals surface area contributed by atoms with E-state index in [-0.39, 0.29) is 0 Å². The van der Waals surface area contributed by atoms with Crippen molar-refractivity contribution in [3.63, 3.8) is 0 Å². The van der Waals surface area contributed by atoms with Gasteiger partial charge in [0.05, 0.1) is 0 Å². The minimum atomic E-state index is 0.750. The summed E-state index contributed by atoms with van der Waals surface area (Å²) in [5, 5.41) is 3.44. The summed E-state index contributed by atoms with van der Waals surface area (Å²) < 4.78 is 6.88. The molecule has 1 aliphatic rings. The molecular formula is C16H16BrNO. The highest BCUT2D eigenvalue weighted by molar-refractivity contribution is 9.10. The Labute approximate surface area is 121 Å². The highest BCUT2D eigenvalue weighted by atomic mass is 79.9. The molecule has 1 heterocycles. The van der Waals surface area contributed by atoms with Crippen LogP contribution in [0.4, 0.5) is 0 Å². The average Bonchev–Trinajstić information content (AvgIpc) is 3.13. The molecule has 1 saturated carbocycles. The fourth-order valence-corrected chi connectivity index (χ4v) is 2.17. The van der Waals surface area contributed by atoms with Crippen molar-refractivity contribution in [3.05, 3.63) is 52.7 Å². The SMILES string of the molecule is Brc1ccc(-c2ccc(C=CCNC3CC3)o2)cc1. The van der Waals surface area contributed by atoms with Crippen LogP contribution in [-0.4, -0.2) is 12.6 Å². The number of hydrogen-bond donors (Lipinski definition) is 1. The van der Waals surface area contributed by atoms with E-state index in [9.17, 15) is 0 Å². The van der Waals surface area contributed by atoms with E-state index in [1.165, 1.54) is 12.8 Å². The van der Waals surface area contributed by atoms with E-state index in [0.29, 0.717) is 0 Å². The first-order valence-corrected chi connectivity index (χ1v) is 7.36. The van der Waals surface area contributed by atoms with Crippen LogP contribution >= 0.6 is 15.9 Å². The maximum atomic E-state index is 5.80. The van der Waals surface area contributed by atoms with Gasteiger partial charge in [-0.1, -0.05) is 34.1 Å². The maximum absolute atomic E-state index is 5.80. The second-order valence-electron chi connectivity index (χ2n) is 4.79. The number of furan rings is 1. The average molecular weight is 318 g/mol. The molecule has 2 nitrogen and oxygen atoms in total. The lowest BCUT2D eigenvalue weighted by Crippen LogP contribution is -2.15. The lowest BCUT2D eigenvalue weighted by Gasteiger charge is -1.97. The summed E-state index contributed by atoms with van der Waals surface area (Å²) in [5.41, 5.74) is 1.10. The quantitative estimate of drug-likeness (QED) is 0.879. The van der Waals surface area contributed by atoms with Crippen LogP contribution in [0.1, 0.15) is 18.6 Å². The Hall–Kier alpha value is -1.32. The smallest absolute Gasteiger partial charge is 0.134 e. The van der Waals surface area contributed by atoms with Crippen LogP contribution in [0.25, 0.3) is 17.4 Å². The van der Waals surface area contributed by atoms with Crippen molar-refractivity contribution in [2.75, 3.05) is 6.54 Å². The Morgan fingerprint density at radius 2 is 1.95 bits per heavy atom. The van der Waals surface area contributed by atoms with E-state index >= 15 is 0 Å². The molecule has 1 fully saturated rings. The largest absolute Gasteiger partial charge is 0.457 e. The van der Waals surface area contributed by atoms with Gasteiger partial charge in [0.25, 0.3) is 0 Å². The third-order valence-electron chi connectivity index (χ3n) is 3.14. The third kappa shape index (κ3) is 3.58. The molecule has 3 rings (SSSR count). The fourth-order valence-electron chi connectivity index (χ4n) is 1.91. The summed E-state index contributed by atoms with van der Waals surface area (Å²) in [6.07, 6.45) is 6.78. The normalized spacial score (nSPS) is 15.2. The molecule has 0 aliphatic heterocycles. The Kier molecular flexibility index (Phi) is 3.85. The molecule has 19 heavy (non-hydrogen) atoms. The highest BCUT2D eigenvalue weighted by Crippen LogP contribution is 2.24. The van der Waals surface area contributed by atoms with Crippen molar-refractivity contribution in [1.82, 2.24) is 5.32 Å². The minimum absolute atomic E-state index is 0.750. The van der Waals surface area contributed by atoms with Crippen LogP contribution in [0.15, 0.2) is 51.4 Å². The van der Waals surface area contributed by atoms with Crippen LogP contribution in [-0.2, 0) is 0 Å². The van der Waals surface area contributed by atoms with Gasteiger partial charge < -0.3 is 9.73 Å². The molecule has 0 spiro atoms. The summed E-state index contributed by atoms with van der Waals surface area (Å²) in [7, 11) is 0. The summed E-state index contributed by atoms with van der Waals surface area (Å²) in [6, 6.07) is 12.9. The van der Waals surface area contributed by atoms with Gasteiger partial charge in [0.15, 0.2) is 0 Å². The van der Waals surface area contributed by atoms with E-state index < -0.39 is 0 Å². The molecule has 1 aromatic heterocycles. The summed E-state index contributed by atoms with van der Waals surface area (Å²) in [4.78, 5) is 0. The van der Waals surface area contributed by atoms with Gasteiger partial charge in [0.2, 0.25) is 0 Å². The topological polar surface area (TPSA) is 25.2 Å². The van der Waals surface area contributed by atoms with E-state index in [2.05, 4.69) is 27.3 Å². The van der Waals surface area contributed by atoms with Gasteiger partial charge in [-0.05, 0) is 43.2 Å². The second kappa shape index (κ2) is 5.76. The molecule has 0 radical (unpaired) electrons. The zero-order chi connectivity index (χ0) is 13.1. The first-order valence-electron chi connectivity index (χ1n) is 6.57.